The van der Waals surface area contributed by atoms with E-state index in [0.29, 0.717) is 29.1 Å². The Morgan fingerprint density at radius 1 is 1.14 bits per heavy atom. The lowest BCUT2D eigenvalue weighted by Gasteiger charge is -2.23. The molecule has 0 radical (unpaired) electrons. The molecule has 1 aliphatic heterocycles. The van der Waals surface area contributed by atoms with Crippen LogP contribution in [-0.2, 0) is 23.9 Å². The van der Waals surface area contributed by atoms with Crippen molar-refractivity contribution in [2.45, 2.75) is 58.6 Å². The van der Waals surface area contributed by atoms with Gasteiger partial charge >= 0.3 is 5.97 Å². The number of anilines is 1. The monoisotopic (exact) mass is 420 g/mol. The van der Waals surface area contributed by atoms with Gasteiger partial charge in [-0.2, -0.15) is 0 Å². The van der Waals surface area contributed by atoms with Crippen LogP contribution in [0.2, 0.25) is 5.02 Å². The molecular formula is C21H25ClN2O5. The van der Waals surface area contributed by atoms with Crippen LogP contribution in [-0.4, -0.2) is 40.7 Å². The highest BCUT2D eigenvalue weighted by Crippen LogP contribution is 2.39. The number of nitrogens with one attached hydrogen (secondary N) is 1. The average molecular weight is 421 g/mol. The van der Waals surface area contributed by atoms with E-state index in [1.165, 1.54) is 13.8 Å². The van der Waals surface area contributed by atoms with Gasteiger partial charge in [0.2, 0.25) is 11.8 Å². The molecule has 4 atom stereocenters. The van der Waals surface area contributed by atoms with Crippen LogP contribution in [0.25, 0.3) is 0 Å². The molecule has 1 saturated carbocycles. The van der Waals surface area contributed by atoms with Gasteiger partial charge in [-0.1, -0.05) is 30.5 Å². The fraction of sp³-hybridized carbons (Fsp3) is 0.524. The molecule has 0 unspecified atom stereocenters. The Balaban J connectivity index is 1.63. The summed E-state index contributed by atoms with van der Waals surface area (Å²) < 4.78 is 5.25. The molecule has 1 aromatic carbocycles. The summed E-state index contributed by atoms with van der Waals surface area (Å²) in [6.45, 7) is 4.66. The number of rotatable bonds is 5. The summed E-state index contributed by atoms with van der Waals surface area (Å²) in [5.74, 6) is -2.60. The maximum atomic E-state index is 12.6. The van der Waals surface area contributed by atoms with E-state index in [1.807, 2.05) is 0 Å². The second kappa shape index (κ2) is 8.53. The van der Waals surface area contributed by atoms with Crippen molar-refractivity contribution in [3.05, 3.63) is 28.8 Å². The number of likely N-dealkylation sites (tertiary alicyclic amines) is 1. The van der Waals surface area contributed by atoms with E-state index < -0.39 is 24.0 Å². The van der Waals surface area contributed by atoms with Gasteiger partial charge in [0.05, 0.1) is 11.8 Å². The first-order valence-electron chi connectivity index (χ1n) is 9.85. The Hall–Kier alpha value is -2.41. The van der Waals surface area contributed by atoms with Crippen LogP contribution in [0, 0.1) is 18.8 Å². The van der Waals surface area contributed by atoms with Crippen LogP contribution in [0.5, 0.6) is 0 Å². The van der Waals surface area contributed by atoms with E-state index in [9.17, 15) is 19.2 Å². The molecule has 1 heterocycles. The predicted octanol–water partition coefficient (Wildman–Crippen LogP) is 3.08. The number of fused-ring (bicyclic) bond motifs is 1. The zero-order valence-electron chi connectivity index (χ0n) is 16.7. The molecule has 156 valence electrons. The van der Waals surface area contributed by atoms with Crippen LogP contribution in [0.1, 0.15) is 45.1 Å². The number of carbonyl (C=O) groups is 4. The number of benzene rings is 1. The second-order valence-electron chi connectivity index (χ2n) is 7.70. The summed E-state index contributed by atoms with van der Waals surface area (Å²) in [4.78, 5) is 51.2. The van der Waals surface area contributed by atoms with Gasteiger partial charge in [0, 0.05) is 10.7 Å². The van der Waals surface area contributed by atoms with E-state index in [1.54, 1.807) is 25.1 Å². The third-order valence-corrected chi connectivity index (χ3v) is 6.20. The third kappa shape index (κ3) is 4.15. The first kappa shape index (κ1) is 21.3. The number of imide groups is 1. The third-order valence-electron chi connectivity index (χ3n) is 5.79. The minimum atomic E-state index is -1.10. The van der Waals surface area contributed by atoms with Gasteiger partial charge in [0.1, 0.15) is 6.04 Å². The van der Waals surface area contributed by atoms with Gasteiger partial charge in [-0.3, -0.25) is 19.3 Å². The first-order chi connectivity index (χ1) is 13.7. The van der Waals surface area contributed by atoms with Crippen molar-refractivity contribution < 1.29 is 23.9 Å². The molecule has 1 aromatic rings. The molecular weight excluding hydrogens is 396 g/mol. The largest absolute Gasteiger partial charge is 0.451 e. The number of hydrogen-bond acceptors (Lipinski definition) is 5. The number of hydrogen-bond donors (Lipinski definition) is 1. The van der Waals surface area contributed by atoms with Crippen LogP contribution >= 0.6 is 11.6 Å². The quantitative estimate of drug-likeness (QED) is 0.583. The van der Waals surface area contributed by atoms with E-state index in [0.717, 1.165) is 17.7 Å². The molecule has 29 heavy (non-hydrogen) atoms. The van der Waals surface area contributed by atoms with Crippen LogP contribution < -0.4 is 5.32 Å². The van der Waals surface area contributed by atoms with Crippen molar-refractivity contribution in [1.82, 2.24) is 4.90 Å². The molecule has 0 aromatic heterocycles. The summed E-state index contributed by atoms with van der Waals surface area (Å²) >= 11 is 6.05. The van der Waals surface area contributed by atoms with Crippen LogP contribution in [0.3, 0.4) is 0 Å². The Morgan fingerprint density at radius 2 is 1.72 bits per heavy atom. The highest BCUT2D eigenvalue weighted by Gasteiger charge is 2.51. The number of halogens is 1. The summed E-state index contributed by atoms with van der Waals surface area (Å²) in [5.41, 5.74) is 1.22. The Labute approximate surface area is 174 Å². The molecule has 2 fully saturated rings. The Morgan fingerprint density at radius 3 is 2.31 bits per heavy atom. The molecule has 7 nitrogen and oxygen atoms in total. The van der Waals surface area contributed by atoms with Gasteiger partial charge in [0.15, 0.2) is 6.10 Å². The lowest BCUT2D eigenvalue weighted by molar-refractivity contribution is -0.163. The van der Waals surface area contributed by atoms with Gasteiger partial charge in [-0.25, -0.2) is 4.79 Å². The highest BCUT2D eigenvalue weighted by molar-refractivity contribution is 6.31. The van der Waals surface area contributed by atoms with E-state index in [2.05, 4.69) is 5.32 Å². The lowest BCUT2D eigenvalue weighted by Crippen LogP contribution is -2.46. The fourth-order valence-corrected chi connectivity index (χ4v) is 4.15. The maximum Gasteiger partial charge on any atom is 0.329 e. The number of carbonyl (C=O) groups excluding carboxylic acids is 4. The summed E-state index contributed by atoms with van der Waals surface area (Å²) in [5, 5.41) is 3.18. The zero-order chi connectivity index (χ0) is 21.3. The van der Waals surface area contributed by atoms with Gasteiger partial charge in [0.25, 0.3) is 5.91 Å². The van der Waals surface area contributed by atoms with E-state index in [-0.39, 0.29) is 23.7 Å². The molecule has 1 saturated heterocycles. The number of esters is 1. The minimum absolute atomic E-state index is 0.309. The summed E-state index contributed by atoms with van der Waals surface area (Å²) in [6.07, 6.45) is 2.06. The Bertz CT molecular complexity index is 831. The van der Waals surface area contributed by atoms with Gasteiger partial charge in [-0.15, -0.1) is 0 Å². The van der Waals surface area contributed by atoms with Crippen molar-refractivity contribution in [1.29, 1.82) is 0 Å². The zero-order valence-corrected chi connectivity index (χ0v) is 17.5. The van der Waals surface area contributed by atoms with Gasteiger partial charge < -0.3 is 10.1 Å². The molecule has 1 aliphatic carbocycles. The maximum absolute atomic E-state index is 12.6. The highest BCUT2D eigenvalue weighted by atomic mass is 35.5. The second-order valence-corrected chi connectivity index (χ2v) is 8.11. The number of amides is 3. The van der Waals surface area contributed by atoms with E-state index in [4.69, 9.17) is 16.3 Å². The molecule has 2 aliphatic rings. The fourth-order valence-electron chi connectivity index (χ4n) is 3.98. The van der Waals surface area contributed by atoms with E-state index >= 15 is 0 Å². The topological polar surface area (TPSA) is 92.8 Å². The number of nitrogens with zero attached hydrogens (tertiary/aromatic N) is 1. The molecule has 3 rings (SSSR count). The smallest absolute Gasteiger partial charge is 0.329 e. The van der Waals surface area contributed by atoms with Crippen LogP contribution in [0.4, 0.5) is 5.69 Å². The molecule has 0 bridgehead atoms. The van der Waals surface area contributed by atoms with Gasteiger partial charge in [-0.05, 0) is 51.3 Å². The molecule has 1 N–H and O–H groups in total. The molecule has 3 amide bonds. The lowest BCUT2D eigenvalue weighted by atomic mass is 9.81. The SMILES string of the molecule is Cc1c(Cl)cccc1NC(=O)[C@H](C)OC(=O)[C@H](C)N1C(=O)[C@H]2CCCC[C@H]2C1=O. The van der Waals surface area contributed by atoms with Crippen molar-refractivity contribution in [2.75, 3.05) is 5.32 Å². The standard InChI is InChI=1S/C21H25ClN2O5/c1-11-16(22)9-6-10-17(11)23-18(25)13(3)29-21(28)12(2)24-19(26)14-7-4-5-8-15(14)20(24)27/h6,9-10,12-15H,4-5,7-8H2,1-3H3,(H,23,25)/t12-,13-,14-,15+/m0/s1. The van der Waals surface area contributed by atoms with Crippen molar-refractivity contribution in [3.8, 4) is 0 Å². The average Bonchev–Trinajstić information content (AvgIpc) is 2.95. The number of ether oxygens (including phenoxy) is 1. The Kier molecular flexibility index (Phi) is 6.27. The van der Waals surface area contributed by atoms with Crippen LogP contribution in [0.15, 0.2) is 18.2 Å². The molecule has 8 heteroatoms. The summed E-state index contributed by atoms with van der Waals surface area (Å²) in [6, 6.07) is 4.04. The van der Waals surface area contributed by atoms with Crippen molar-refractivity contribution in [2.24, 2.45) is 11.8 Å². The minimum Gasteiger partial charge on any atom is -0.451 e. The first-order valence-corrected chi connectivity index (χ1v) is 10.2. The molecule has 0 spiro atoms. The predicted molar refractivity (Wildman–Crippen MR) is 107 cm³/mol. The normalized spacial score (nSPS) is 23.4. The van der Waals surface area contributed by atoms with Crippen molar-refractivity contribution in [3.63, 3.8) is 0 Å². The van der Waals surface area contributed by atoms with Crippen molar-refractivity contribution >= 4 is 41.0 Å². The summed E-state index contributed by atoms with van der Waals surface area (Å²) in [7, 11) is 0.